The van der Waals surface area contributed by atoms with Gasteiger partial charge in [0.05, 0.1) is 41.6 Å². The van der Waals surface area contributed by atoms with E-state index in [0.717, 1.165) is 39.8 Å². The van der Waals surface area contributed by atoms with Crippen LogP contribution in [0.4, 0.5) is 5.69 Å². The van der Waals surface area contributed by atoms with Gasteiger partial charge in [0.15, 0.2) is 5.82 Å². The molecule has 3 aromatic heterocycles. The van der Waals surface area contributed by atoms with Crippen molar-refractivity contribution < 1.29 is 4.74 Å². The summed E-state index contributed by atoms with van der Waals surface area (Å²) >= 11 is 0. The summed E-state index contributed by atoms with van der Waals surface area (Å²) in [6.45, 7) is 5.37. The largest absolute Gasteiger partial charge is 0.397 e. The number of aromatic nitrogens is 5. The number of halogens is 1. The number of fused-ring (bicyclic) bond motifs is 1. The first-order chi connectivity index (χ1) is 15.7. The van der Waals surface area contributed by atoms with Crippen LogP contribution in [0.5, 0.6) is 0 Å². The Labute approximate surface area is 197 Å². The zero-order valence-corrected chi connectivity index (χ0v) is 20.2. The normalized spacial score (nSPS) is 12.6. The van der Waals surface area contributed by atoms with E-state index >= 15 is 0 Å². The molecule has 1 aromatic carbocycles. The van der Waals surface area contributed by atoms with E-state index in [1.54, 1.807) is 18.0 Å². The fourth-order valence-corrected chi connectivity index (χ4v) is 3.69. The van der Waals surface area contributed by atoms with Crippen molar-refractivity contribution in [1.82, 2.24) is 24.5 Å². The number of nitrogen functional groups attached to an aromatic ring is 1. The smallest absolute Gasteiger partial charge is 0.153 e. The van der Waals surface area contributed by atoms with Gasteiger partial charge in [-0.1, -0.05) is 26.0 Å². The number of para-hydroxylation sites is 1. The standard InChI is InChI=1S/C11H10ClN3S.C10H13N3O.C2H6/c12-16-10-6-14-15(7-10)11-5-9(3-4-13-11)8-1-2-8;1-14-6-5-13-10-8(7-12-13)3-2-4-9(10)11;1-2/h3-8H,1-2H2;2-4,7H,5-6,11H2,1H3;1-2H3. The maximum Gasteiger partial charge on any atom is 0.153 e. The summed E-state index contributed by atoms with van der Waals surface area (Å²) in [6, 6.07) is 10.0. The van der Waals surface area contributed by atoms with E-state index in [9.17, 15) is 0 Å². The second-order valence-electron chi connectivity index (χ2n) is 7.06. The first-order valence-electron chi connectivity index (χ1n) is 10.7. The molecule has 5 rings (SSSR count). The Morgan fingerprint density at radius 1 is 1.19 bits per heavy atom. The fourth-order valence-electron chi connectivity index (χ4n) is 3.22. The van der Waals surface area contributed by atoms with E-state index in [1.807, 2.05) is 55.3 Å². The molecule has 0 spiro atoms. The Morgan fingerprint density at radius 3 is 2.69 bits per heavy atom. The third-order valence-electron chi connectivity index (χ3n) is 4.90. The van der Waals surface area contributed by atoms with Crippen LogP contribution >= 0.6 is 21.7 Å². The zero-order chi connectivity index (χ0) is 22.9. The quantitative estimate of drug-likeness (QED) is 0.363. The Bertz CT molecular complexity index is 1120. The maximum atomic E-state index is 5.87. The van der Waals surface area contributed by atoms with Gasteiger partial charge in [-0.25, -0.2) is 9.67 Å². The minimum atomic E-state index is 0.644. The Morgan fingerprint density at radius 2 is 2.00 bits per heavy atom. The van der Waals surface area contributed by atoms with Gasteiger partial charge in [-0.05, 0) is 64.2 Å². The molecule has 2 N–H and O–H groups in total. The number of rotatable bonds is 6. The van der Waals surface area contributed by atoms with E-state index in [-0.39, 0.29) is 0 Å². The molecule has 0 unspecified atom stereocenters. The van der Waals surface area contributed by atoms with Gasteiger partial charge in [0.25, 0.3) is 0 Å². The lowest BCUT2D eigenvalue weighted by atomic mass is 10.2. The highest BCUT2D eigenvalue weighted by atomic mass is 35.7. The van der Waals surface area contributed by atoms with Crippen molar-refractivity contribution >= 4 is 38.2 Å². The Kier molecular flexibility index (Phi) is 8.96. The van der Waals surface area contributed by atoms with E-state index < -0.39 is 0 Å². The minimum absolute atomic E-state index is 0.644. The third kappa shape index (κ3) is 6.03. The van der Waals surface area contributed by atoms with Crippen LogP contribution in [0, 0.1) is 0 Å². The van der Waals surface area contributed by atoms with Gasteiger partial charge in [-0.3, -0.25) is 4.68 Å². The van der Waals surface area contributed by atoms with Gasteiger partial charge in [0.2, 0.25) is 0 Å². The Hall–Kier alpha value is -2.55. The van der Waals surface area contributed by atoms with Crippen molar-refractivity contribution in [3.63, 3.8) is 0 Å². The summed E-state index contributed by atoms with van der Waals surface area (Å²) in [7, 11) is 8.51. The molecule has 7 nitrogen and oxygen atoms in total. The highest BCUT2D eigenvalue weighted by molar-refractivity contribution is 8.21. The molecule has 0 atom stereocenters. The highest BCUT2D eigenvalue weighted by Crippen LogP contribution is 2.40. The molecule has 1 fully saturated rings. The molecule has 9 heteroatoms. The van der Waals surface area contributed by atoms with Crippen LogP contribution in [0.2, 0.25) is 0 Å². The first kappa shape index (κ1) is 24.1. The minimum Gasteiger partial charge on any atom is -0.397 e. The van der Waals surface area contributed by atoms with Gasteiger partial charge >= 0.3 is 0 Å². The third-order valence-corrected chi connectivity index (χ3v) is 5.82. The molecule has 0 saturated heterocycles. The number of anilines is 1. The SMILES string of the molecule is CC.COCCn1ncc2cccc(N)c21.ClSc1cnn(-c2cc(C3CC3)ccn2)c1. The first-order valence-corrected chi connectivity index (χ1v) is 12.3. The second-order valence-corrected chi connectivity index (χ2v) is 8.15. The van der Waals surface area contributed by atoms with E-state index in [0.29, 0.717) is 6.61 Å². The lowest BCUT2D eigenvalue weighted by Crippen LogP contribution is -2.06. The number of nitrogens with zero attached hydrogens (tertiary/aromatic N) is 5. The lowest BCUT2D eigenvalue weighted by molar-refractivity contribution is 0.185. The maximum absolute atomic E-state index is 5.87. The number of nitrogens with two attached hydrogens (primary N) is 1. The summed E-state index contributed by atoms with van der Waals surface area (Å²) in [6.07, 6.45) is 9.88. The number of benzene rings is 1. The number of methoxy groups -OCH3 is 1. The van der Waals surface area contributed by atoms with Crippen LogP contribution in [-0.4, -0.2) is 38.3 Å². The number of ether oxygens (including phenoxy) is 1. The van der Waals surface area contributed by atoms with Gasteiger partial charge in [0.1, 0.15) is 0 Å². The summed E-state index contributed by atoms with van der Waals surface area (Å²) in [5.74, 6) is 1.60. The molecule has 1 aliphatic rings. The number of pyridine rings is 1. The van der Waals surface area contributed by atoms with Crippen molar-refractivity contribution in [2.75, 3.05) is 19.5 Å². The molecule has 32 heavy (non-hydrogen) atoms. The predicted molar refractivity (Wildman–Crippen MR) is 132 cm³/mol. The molecule has 170 valence electrons. The van der Waals surface area contributed by atoms with Crippen molar-refractivity contribution in [3.05, 3.63) is 60.7 Å². The van der Waals surface area contributed by atoms with Crippen molar-refractivity contribution in [3.8, 4) is 5.82 Å². The average molecular weight is 473 g/mol. The highest BCUT2D eigenvalue weighted by Gasteiger charge is 2.23. The molecule has 0 amide bonds. The average Bonchev–Trinajstić information content (AvgIpc) is 3.43. The topological polar surface area (TPSA) is 83.8 Å². The molecule has 0 radical (unpaired) electrons. The molecular weight excluding hydrogens is 444 g/mol. The van der Waals surface area contributed by atoms with Crippen molar-refractivity contribution in [1.29, 1.82) is 0 Å². The van der Waals surface area contributed by atoms with Crippen molar-refractivity contribution in [2.24, 2.45) is 0 Å². The second kappa shape index (κ2) is 11.9. The van der Waals surface area contributed by atoms with E-state index in [2.05, 4.69) is 27.3 Å². The summed E-state index contributed by atoms with van der Waals surface area (Å²) < 4.78 is 8.63. The van der Waals surface area contributed by atoms with Crippen molar-refractivity contribution in [2.45, 2.75) is 44.0 Å². The van der Waals surface area contributed by atoms with E-state index in [4.69, 9.17) is 21.2 Å². The van der Waals surface area contributed by atoms with Gasteiger partial charge in [-0.15, -0.1) is 0 Å². The predicted octanol–water partition coefficient (Wildman–Crippen LogP) is 5.68. The van der Waals surface area contributed by atoms with Crippen LogP contribution in [-0.2, 0) is 11.3 Å². The molecule has 4 aromatic rings. The molecule has 1 saturated carbocycles. The molecule has 1 aliphatic carbocycles. The monoisotopic (exact) mass is 472 g/mol. The molecule has 0 aliphatic heterocycles. The molecular formula is C23H29ClN6OS. The van der Waals surface area contributed by atoms with Crippen LogP contribution in [0.15, 0.2) is 60.0 Å². The zero-order valence-electron chi connectivity index (χ0n) is 18.6. The van der Waals surface area contributed by atoms with Crippen LogP contribution in [0.1, 0.15) is 38.2 Å². The van der Waals surface area contributed by atoms with E-state index in [1.165, 1.54) is 29.4 Å². The number of hydrogen-bond donors (Lipinski definition) is 1. The van der Waals surface area contributed by atoms with Gasteiger partial charge < -0.3 is 10.5 Å². The van der Waals surface area contributed by atoms with Crippen LogP contribution in [0.3, 0.4) is 0 Å². The summed E-state index contributed by atoms with van der Waals surface area (Å²) in [5.41, 5.74) is 8.98. The summed E-state index contributed by atoms with van der Waals surface area (Å²) in [4.78, 5) is 5.25. The fraction of sp³-hybridized carbons (Fsp3) is 0.348. The van der Waals surface area contributed by atoms with Crippen LogP contribution in [0.25, 0.3) is 16.7 Å². The van der Waals surface area contributed by atoms with Gasteiger partial charge in [0, 0.05) is 24.9 Å². The molecule has 3 heterocycles. The summed E-state index contributed by atoms with van der Waals surface area (Å²) in [5, 5.41) is 9.55. The Balaban J connectivity index is 0.000000169. The lowest BCUT2D eigenvalue weighted by Gasteiger charge is -2.04. The molecule has 0 bridgehead atoms. The van der Waals surface area contributed by atoms with Gasteiger partial charge in [-0.2, -0.15) is 10.2 Å². The van der Waals surface area contributed by atoms with Crippen LogP contribution < -0.4 is 5.73 Å². The number of hydrogen-bond acceptors (Lipinski definition) is 6.